The fraction of sp³-hybridized carbons (Fsp3) is 0.379. The Hall–Kier alpha value is -4.27. The van der Waals surface area contributed by atoms with Crippen LogP contribution in [0.3, 0.4) is 0 Å². The molecular weight excluding hydrogens is 576 g/mol. The summed E-state index contributed by atoms with van der Waals surface area (Å²) in [5.41, 5.74) is 0.149. The van der Waals surface area contributed by atoms with Gasteiger partial charge < -0.3 is 19.6 Å². The van der Waals surface area contributed by atoms with Gasteiger partial charge in [0.05, 0.1) is 22.8 Å². The zero-order valence-electron chi connectivity index (χ0n) is 24.5. The van der Waals surface area contributed by atoms with Crippen LogP contribution >= 0.6 is 0 Å². The number of benzene rings is 2. The van der Waals surface area contributed by atoms with Crippen LogP contribution < -0.4 is 15.1 Å². The van der Waals surface area contributed by atoms with Crippen LogP contribution in [0, 0.1) is 0 Å². The first-order valence-corrected chi connectivity index (χ1v) is 15.5. The van der Waals surface area contributed by atoms with Crippen molar-refractivity contribution in [2.45, 2.75) is 31.6 Å². The Balaban J connectivity index is 1.76. The number of likely N-dealkylation sites (N-methyl/N-ethyl adjacent to an activating group) is 1. The summed E-state index contributed by atoms with van der Waals surface area (Å²) in [4.78, 5) is 39.0. The van der Waals surface area contributed by atoms with Gasteiger partial charge in [0.15, 0.2) is 11.3 Å². The van der Waals surface area contributed by atoms with Crippen LogP contribution in [0.25, 0.3) is 22.4 Å². The number of hydrogen-bond acceptors (Lipinski definition) is 10. The highest BCUT2D eigenvalue weighted by atomic mass is 32.2. The van der Waals surface area contributed by atoms with Gasteiger partial charge in [-0.05, 0) is 50.7 Å². The van der Waals surface area contributed by atoms with Crippen molar-refractivity contribution in [2.75, 3.05) is 39.8 Å². The molecule has 0 bridgehead atoms. The quantitative estimate of drug-likeness (QED) is 0.298. The first-order valence-electron chi connectivity index (χ1n) is 14.0. The summed E-state index contributed by atoms with van der Waals surface area (Å²) >= 11 is 0. The molecule has 228 valence electrons. The number of aromatic hydroxyl groups is 1. The Morgan fingerprint density at radius 1 is 1.02 bits per heavy atom. The SMILES string of the molecule is CCCc1nn(C)c2c(=O)nc(-c3cc(S(=O)(=O)N4CCN(C)CC4)ccc3OCC)n(OC(=O)c3ccccc3O)c12. The van der Waals surface area contributed by atoms with E-state index in [4.69, 9.17) is 9.57 Å². The average molecular weight is 611 g/mol. The van der Waals surface area contributed by atoms with Gasteiger partial charge in [0.2, 0.25) is 10.0 Å². The van der Waals surface area contributed by atoms with Crippen molar-refractivity contribution in [3.8, 4) is 22.9 Å². The number of rotatable bonds is 9. The van der Waals surface area contributed by atoms with Crippen LogP contribution in [-0.4, -0.2) is 88.0 Å². The minimum Gasteiger partial charge on any atom is -0.507 e. The first-order chi connectivity index (χ1) is 20.6. The van der Waals surface area contributed by atoms with E-state index in [2.05, 4.69) is 10.1 Å². The van der Waals surface area contributed by atoms with E-state index >= 15 is 0 Å². The van der Waals surface area contributed by atoms with Gasteiger partial charge in [-0.1, -0.05) is 25.5 Å². The van der Waals surface area contributed by atoms with E-state index in [1.54, 1.807) is 26.1 Å². The van der Waals surface area contributed by atoms with Crippen LogP contribution in [0.2, 0.25) is 0 Å². The van der Waals surface area contributed by atoms with Gasteiger partial charge >= 0.3 is 5.97 Å². The molecule has 1 aliphatic rings. The molecule has 0 spiro atoms. The molecule has 1 saturated heterocycles. The topological polar surface area (TPSA) is 149 Å². The third-order valence-electron chi connectivity index (χ3n) is 7.27. The fourth-order valence-electron chi connectivity index (χ4n) is 5.07. The van der Waals surface area contributed by atoms with Crippen LogP contribution in [0.5, 0.6) is 11.5 Å². The second-order valence-corrected chi connectivity index (χ2v) is 12.2. The lowest BCUT2D eigenvalue weighted by Gasteiger charge is -2.31. The van der Waals surface area contributed by atoms with Gasteiger partial charge in [-0.2, -0.15) is 14.4 Å². The van der Waals surface area contributed by atoms with Crippen molar-refractivity contribution in [2.24, 2.45) is 7.05 Å². The summed E-state index contributed by atoms with van der Waals surface area (Å²) in [6.45, 7) is 5.76. The number of para-hydroxylation sites is 1. The summed E-state index contributed by atoms with van der Waals surface area (Å²) < 4.78 is 37.1. The third-order valence-corrected chi connectivity index (χ3v) is 9.17. The lowest BCUT2D eigenvalue weighted by atomic mass is 10.1. The van der Waals surface area contributed by atoms with E-state index in [1.807, 2.05) is 18.9 Å². The van der Waals surface area contributed by atoms with E-state index in [1.165, 1.54) is 39.3 Å². The van der Waals surface area contributed by atoms with Gasteiger partial charge in [-0.25, -0.2) is 13.2 Å². The maximum Gasteiger partial charge on any atom is 0.367 e. The number of carbonyl (C=O) groups excluding carboxylic acids is 1. The number of phenols is 1. The lowest BCUT2D eigenvalue weighted by Crippen LogP contribution is -2.47. The molecule has 13 nitrogen and oxygen atoms in total. The molecular formula is C29H34N6O7S. The summed E-state index contributed by atoms with van der Waals surface area (Å²) in [5.74, 6) is -1.13. The monoisotopic (exact) mass is 610 g/mol. The number of sulfonamides is 1. The first kappa shape index (κ1) is 30.2. The van der Waals surface area contributed by atoms with E-state index < -0.39 is 21.6 Å². The van der Waals surface area contributed by atoms with Crippen molar-refractivity contribution in [3.63, 3.8) is 0 Å². The molecule has 3 heterocycles. The largest absolute Gasteiger partial charge is 0.507 e. The molecule has 1 aliphatic heterocycles. The van der Waals surface area contributed by atoms with Gasteiger partial charge in [0.1, 0.15) is 22.6 Å². The van der Waals surface area contributed by atoms with Crippen LogP contribution in [-0.2, 0) is 23.5 Å². The Morgan fingerprint density at radius 2 is 1.74 bits per heavy atom. The smallest absolute Gasteiger partial charge is 0.367 e. The third kappa shape index (κ3) is 5.72. The second kappa shape index (κ2) is 12.1. The molecule has 0 amide bonds. The molecule has 0 saturated carbocycles. The number of hydrogen-bond donors (Lipinski definition) is 1. The molecule has 0 radical (unpaired) electrons. The standard InChI is InChI=1S/C29H34N6O7S/c1-5-9-22-25-26(33(4)31-22)28(37)30-27(35(25)42-29(38)20-10-7-8-11-23(20)36)21-18-19(12-13-24(21)41-6-2)43(39,40)34-16-14-32(3)15-17-34/h7-8,10-13,18,36H,5-6,9,14-17H2,1-4H3. The van der Waals surface area contributed by atoms with Crippen molar-refractivity contribution < 1.29 is 27.9 Å². The highest BCUT2D eigenvalue weighted by Gasteiger charge is 2.31. The fourth-order valence-corrected chi connectivity index (χ4v) is 6.52. The van der Waals surface area contributed by atoms with Crippen LogP contribution in [0.4, 0.5) is 0 Å². The summed E-state index contributed by atoms with van der Waals surface area (Å²) in [7, 11) is -0.395. The zero-order valence-corrected chi connectivity index (χ0v) is 25.3. The Labute approximate surface area is 248 Å². The molecule has 43 heavy (non-hydrogen) atoms. The molecule has 5 rings (SSSR count). The van der Waals surface area contributed by atoms with E-state index in [-0.39, 0.29) is 51.0 Å². The van der Waals surface area contributed by atoms with E-state index in [0.29, 0.717) is 44.7 Å². The Morgan fingerprint density at radius 3 is 2.42 bits per heavy atom. The second-order valence-electron chi connectivity index (χ2n) is 10.2. The van der Waals surface area contributed by atoms with E-state index in [9.17, 15) is 23.1 Å². The van der Waals surface area contributed by atoms with Gasteiger partial charge in [0, 0.05) is 33.2 Å². The van der Waals surface area contributed by atoms with Crippen LogP contribution in [0.15, 0.2) is 52.2 Å². The van der Waals surface area contributed by atoms with Crippen molar-refractivity contribution in [1.29, 1.82) is 0 Å². The molecule has 2 aromatic heterocycles. The molecule has 1 fully saturated rings. The maximum absolute atomic E-state index is 13.7. The molecule has 0 atom stereocenters. The van der Waals surface area contributed by atoms with Gasteiger partial charge in [-0.3, -0.25) is 9.48 Å². The number of fused-ring (bicyclic) bond motifs is 1. The number of aryl methyl sites for hydroxylation is 2. The molecule has 4 aromatic rings. The average Bonchev–Trinajstić information content (AvgIpc) is 3.31. The summed E-state index contributed by atoms with van der Waals surface area (Å²) in [6.07, 6.45) is 1.12. The molecule has 14 heteroatoms. The summed E-state index contributed by atoms with van der Waals surface area (Å²) in [5, 5.41) is 14.8. The van der Waals surface area contributed by atoms with Gasteiger partial charge in [-0.15, -0.1) is 4.73 Å². The number of piperazine rings is 1. The number of ether oxygens (including phenoxy) is 1. The predicted octanol–water partition coefficient (Wildman–Crippen LogP) is 2.06. The lowest BCUT2D eigenvalue weighted by molar-refractivity contribution is 0.0479. The highest BCUT2D eigenvalue weighted by molar-refractivity contribution is 7.89. The van der Waals surface area contributed by atoms with Crippen LogP contribution in [0.1, 0.15) is 36.3 Å². The van der Waals surface area contributed by atoms with Crippen molar-refractivity contribution in [1.82, 2.24) is 28.7 Å². The highest BCUT2D eigenvalue weighted by Crippen LogP contribution is 2.34. The van der Waals surface area contributed by atoms with Crippen molar-refractivity contribution in [3.05, 3.63) is 64.1 Å². The maximum atomic E-state index is 13.7. The summed E-state index contributed by atoms with van der Waals surface area (Å²) in [6, 6.07) is 10.2. The Bertz CT molecular complexity index is 1840. The minimum absolute atomic E-state index is 0.0246. The minimum atomic E-state index is -3.92. The molecule has 0 unspecified atom stereocenters. The normalized spacial score (nSPS) is 14.7. The number of carbonyl (C=O) groups is 1. The predicted molar refractivity (Wildman–Crippen MR) is 159 cm³/mol. The molecule has 0 aliphatic carbocycles. The molecule has 2 aromatic carbocycles. The van der Waals surface area contributed by atoms with Crippen molar-refractivity contribution >= 4 is 27.0 Å². The number of aromatic nitrogens is 4. The molecule has 1 N–H and O–H groups in total. The van der Waals surface area contributed by atoms with Gasteiger partial charge in [0.25, 0.3) is 5.56 Å². The number of phenolic OH excluding ortho intramolecular Hbond substituents is 1. The van der Waals surface area contributed by atoms with E-state index in [0.717, 1.165) is 4.73 Å². The zero-order chi connectivity index (χ0) is 30.9. The Kier molecular flexibility index (Phi) is 8.53. The number of nitrogens with zero attached hydrogens (tertiary/aromatic N) is 6.